The second-order valence-corrected chi connectivity index (χ2v) is 7.67. The molecule has 0 amide bonds. The molecule has 0 spiro atoms. The number of esters is 1. The van der Waals surface area contributed by atoms with Crippen LogP contribution in [0.15, 0.2) is 61.1 Å². The summed E-state index contributed by atoms with van der Waals surface area (Å²) in [5.41, 5.74) is 0.770. The Balaban J connectivity index is 1.72. The summed E-state index contributed by atoms with van der Waals surface area (Å²) in [5, 5.41) is 12.3. The van der Waals surface area contributed by atoms with Gasteiger partial charge in [-0.25, -0.2) is 15.0 Å². The van der Waals surface area contributed by atoms with Gasteiger partial charge in [0.1, 0.15) is 12.1 Å². The van der Waals surface area contributed by atoms with Gasteiger partial charge in [0.25, 0.3) is 0 Å². The summed E-state index contributed by atoms with van der Waals surface area (Å²) in [6.45, 7) is 1.26. The molecule has 1 saturated heterocycles. The number of nitrogens with zero attached hydrogens (tertiary/aromatic N) is 6. The molecule has 170 valence electrons. The molecule has 2 aromatic heterocycles. The first-order valence-electron chi connectivity index (χ1n) is 10.6. The van der Waals surface area contributed by atoms with E-state index in [4.69, 9.17) is 4.74 Å². The zero-order chi connectivity index (χ0) is 23.2. The minimum atomic E-state index is -0.446. The number of anilines is 3. The normalized spacial score (nSPS) is 14.0. The van der Waals surface area contributed by atoms with Crippen molar-refractivity contribution in [3.8, 4) is 0 Å². The zero-order valence-electron chi connectivity index (χ0n) is 18.2. The fraction of sp³-hybridized carbons (Fsp3) is 0.304. The Hall–Kier alpha value is -4.08. The Bertz CT molecular complexity index is 1100. The molecule has 0 N–H and O–H groups in total. The van der Waals surface area contributed by atoms with E-state index in [0.717, 1.165) is 5.56 Å². The van der Waals surface area contributed by atoms with Gasteiger partial charge in [-0.05, 0) is 30.5 Å². The Morgan fingerprint density at radius 3 is 2.48 bits per heavy atom. The van der Waals surface area contributed by atoms with Crippen LogP contribution in [0.2, 0.25) is 0 Å². The first-order valence-corrected chi connectivity index (χ1v) is 10.6. The number of hydrogen-bond acceptors (Lipinski definition) is 9. The number of methoxy groups -OCH3 is 1. The van der Waals surface area contributed by atoms with Gasteiger partial charge in [0.05, 0.1) is 24.5 Å². The molecule has 0 saturated carbocycles. The predicted octanol–water partition coefficient (Wildman–Crippen LogP) is 3.51. The molecule has 4 rings (SSSR count). The van der Waals surface area contributed by atoms with Crippen LogP contribution >= 0.6 is 0 Å². The number of rotatable bonds is 7. The largest absolute Gasteiger partial charge is 0.469 e. The molecule has 1 aliphatic heterocycles. The van der Waals surface area contributed by atoms with Crippen molar-refractivity contribution >= 4 is 29.1 Å². The molecule has 0 atom stereocenters. The summed E-state index contributed by atoms with van der Waals surface area (Å²) < 4.78 is 4.84. The van der Waals surface area contributed by atoms with Gasteiger partial charge in [0, 0.05) is 19.3 Å². The van der Waals surface area contributed by atoms with Crippen molar-refractivity contribution in [1.82, 2.24) is 15.0 Å². The van der Waals surface area contributed by atoms with Crippen molar-refractivity contribution in [1.29, 1.82) is 0 Å². The average Bonchev–Trinajstić information content (AvgIpc) is 2.87. The minimum Gasteiger partial charge on any atom is -0.469 e. The highest BCUT2D eigenvalue weighted by Crippen LogP contribution is 2.39. The van der Waals surface area contributed by atoms with Gasteiger partial charge in [0.2, 0.25) is 11.6 Å². The molecule has 0 radical (unpaired) electrons. The lowest BCUT2D eigenvalue weighted by molar-refractivity contribution is -0.383. The van der Waals surface area contributed by atoms with Crippen molar-refractivity contribution in [2.24, 2.45) is 5.92 Å². The maximum absolute atomic E-state index is 12.3. The van der Waals surface area contributed by atoms with Crippen LogP contribution in [0.4, 0.5) is 23.1 Å². The lowest BCUT2D eigenvalue weighted by Gasteiger charge is -2.31. The Kier molecular flexibility index (Phi) is 6.72. The van der Waals surface area contributed by atoms with Crippen molar-refractivity contribution in [2.45, 2.75) is 19.4 Å². The summed E-state index contributed by atoms with van der Waals surface area (Å²) in [6, 6.07) is 15.0. The van der Waals surface area contributed by atoms with Crippen LogP contribution in [0.25, 0.3) is 0 Å². The quantitative estimate of drug-likeness (QED) is 0.304. The number of piperidine rings is 1. The number of benzene rings is 1. The van der Waals surface area contributed by atoms with E-state index in [0.29, 0.717) is 38.3 Å². The number of pyridine rings is 1. The van der Waals surface area contributed by atoms with Gasteiger partial charge in [-0.15, -0.1) is 0 Å². The highest BCUT2D eigenvalue weighted by atomic mass is 16.6. The topological polar surface area (TPSA) is 115 Å². The highest BCUT2D eigenvalue weighted by molar-refractivity contribution is 5.76. The van der Waals surface area contributed by atoms with E-state index < -0.39 is 4.92 Å². The third-order valence-corrected chi connectivity index (χ3v) is 5.66. The summed E-state index contributed by atoms with van der Waals surface area (Å²) in [6.07, 6.45) is 4.05. The van der Waals surface area contributed by atoms with Crippen LogP contribution in [-0.2, 0) is 16.1 Å². The third-order valence-electron chi connectivity index (χ3n) is 5.66. The Morgan fingerprint density at radius 2 is 1.85 bits per heavy atom. The maximum atomic E-state index is 12.3. The standard InChI is InChI=1S/C23H24N6O4/c1-33-23(30)18-10-13-27(14-11-18)21-20(29(31)32)22(26-16-25-21)28(19-9-5-6-12-24-19)15-17-7-3-2-4-8-17/h2-9,12,16,18H,10-11,13-15H2,1H3. The lowest BCUT2D eigenvalue weighted by atomic mass is 9.97. The number of carbonyl (C=O) groups is 1. The predicted molar refractivity (Wildman–Crippen MR) is 122 cm³/mol. The first kappa shape index (κ1) is 22.1. The van der Waals surface area contributed by atoms with Crippen LogP contribution in [0.1, 0.15) is 18.4 Å². The molecule has 0 bridgehead atoms. The fourth-order valence-electron chi connectivity index (χ4n) is 3.99. The molecule has 1 aromatic carbocycles. The molecule has 0 aliphatic carbocycles. The van der Waals surface area contributed by atoms with E-state index in [1.807, 2.05) is 41.3 Å². The monoisotopic (exact) mass is 448 g/mol. The fourth-order valence-corrected chi connectivity index (χ4v) is 3.99. The number of nitro groups is 1. The minimum absolute atomic E-state index is 0.169. The second-order valence-electron chi connectivity index (χ2n) is 7.67. The molecule has 3 aromatic rings. The third kappa shape index (κ3) is 4.89. The van der Waals surface area contributed by atoms with Gasteiger partial charge in [-0.3, -0.25) is 14.9 Å². The van der Waals surface area contributed by atoms with E-state index >= 15 is 0 Å². The van der Waals surface area contributed by atoms with Crippen molar-refractivity contribution in [2.75, 3.05) is 30.0 Å². The van der Waals surface area contributed by atoms with Crippen LogP contribution < -0.4 is 9.80 Å². The molecule has 0 unspecified atom stereocenters. The van der Waals surface area contributed by atoms with Gasteiger partial charge < -0.3 is 14.5 Å². The van der Waals surface area contributed by atoms with Gasteiger partial charge in [-0.2, -0.15) is 0 Å². The van der Waals surface area contributed by atoms with E-state index in [-0.39, 0.29) is 29.2 Å². The van der Waals surface area contributed by atoms with Crippen LogP contribution in [0.5, 0.6) is 0 Å². The van der Waals surface area contributed by atoms with Gasteiger partial charge in [-0.1, -0.05) is 36.4 Å². The summed E-state index contributed by atoms with van der Waals surface area (Å²) >= 11 is 0. The van der Waals surface area contributed by atoms with Gasteiger partial charge >= 0.3 is 11.7 Å². The zero-order valence-corrected chi connectivity index (χ0v) is 18.2. The van der Waals surface area contributed by atoms with Crippen molar-refractivity contribution in [3.05, 3.63) is 76.7 Å². The molecule has 33 heavy (non-hydrogen) atoms. The molecule has 1 fully saturated rings. The lowest BCUT2D eigenvalue weighted by Crippen LogP contribution is -2.37. The van der Waals surface area contributed by atoms with Gasteiger partial charge in [0.15, 0.2) is 0 Å². The maximum Gasteiger partial charge on any atom is 0.354 e. The van der Waals surface area contributed by atoms with Crippen molar-refractivity contribution < 1.29 is 14.5 Å². The molecular formula is C23H24N6O4. The average molecular weight is 448 g/mol. The molecular weight excluding hydrogens is 424 g/mol. The van der Waals surface area contributed by atoms with Crippen LogP contribution in [0, 0.1) is 16.0 Å². The van der Waals surface area contributed by atoms with E-state index in [2.05, 4.69) is 15.0 Å². The molecule has 1 aliphatic rings. The van der Waals surface area contributed by atoms with E-state index in [1.54, 1.807) is 23.2 Å². The summed E-state index contributed by atoms with van der Waals surface area (Å²) in [7, 11) is 1.37. The number of carbonyl (C=O) groups excluding carboxylic acids is 1. The Labute approximate surface area is 191 Å². The molecule has 3 heterocycles. The second kappa shape index (κ2) is 10.0. The molecule has 10 heteroatoms. The number of ether oxygens (including phenoxy) is 1. The van der Waals surface area contributed by atoms with E-state index in [1.165, 1.54) is 13.4 Å². The summed E-state index contributed by atoms with van der Waals surface area (Å²) in [4.78, 5) is 40.2. The molecule has 10 nitrogen and oxygen atoms in total. The first-order chi connectivity index (χ1) is 16.1. The smallest absolute Gasteiger partial charge is 0.354 e. The van der Waals surface area contributed by atoms with Crippen molar-refractivity contribution in [3.63, 3.8) is 0 Å². The highest BCUT2D eigenvalue weighted by Gasteiger charge is 2.34. The number of hydrogen-bond donors (Lipinski definition) is 0. The SMILES string of the molecule is COC(=O)C1CCN(c2ncnc(N(Cc3ccccc3)c3ccccn3)c2[N+](=O)[O-])CC1. The van der Waals surface area contributed by atoms with E-state index in [9.17, 15) is 14.9 Å². The Morgan fingerprint density at radius 1 is 1.12 bits per heavy atom. The van der Waals surface area contributed by atoms with Crippen LogP contribution in [0.3, 0.4) is 0 Å². The number of aromatic nitrogens is 3. The van der Waals surface area contributed by atoms with Crippen LogP contribution in [-0.4, -0.2) is 46.0 Å². The summed E-state index contributed by atoms with van der Waals surface area (Å²) in [5.74, 6) is 0.481.